The summed E-state index contributed by atoms with van der Waals surface area (Å²) in [5, 5.41) is 4.97. The lowest BCUT2D eigenvalue weighted by atomic mass is 10.1. The summed E-state index contributed by atoms with van der Waals surface area (Å²) in [4.78, 5) is 14.9. The van der Waals surface area contributed by atoms with Crippen LogP contribution in [0.2, 0.25) is 5.02 Å². The second-order valence-corrected chi connectivity index (χ2v) is 7.34. The summed E-state index contributed by atoms with van der Waals surface area (Å²) >= 11 is 5.99. The van der Waals surface area contributed by atoms with Crippen molar-refractivity contribution in [2.45, 2.75) is 26.4 Å². The first kappa shape index (κ1) is 20.7. The fraction of sp³-hybridized carbons (Fsp3) is 0.273. The first-order valence-corrected chi connectivity index (χ1v) is 9.77. The smallest absolute Gasteiger partial charge is 0.244 e. The molecule has 0 aliphatic rings. The minimum Gasteiger partial charge on any atom is -0.497 e. The Kier molecular flexibility index (Phi) is 6.77. The van der Waals surface area contributed by atoms with Gasteiger partial charge in [-0.25, -0.2) is 4.68 Å². The van der Waals surface area contributed by atoms with Crippen molar-refractivity contribution >= 4 is 23.3 Å². The van der Waals surface area contributed by atoms with E-state index >= 15 is 0 Å². The van der Waals surface area contributed by atoms with Crippen LogP contribution < -0.4 is 10.5 Å². The average Bonchev–Trinajstić information content (AvgIpc) is 3.03. The van der Waals surface area contributed by atoms with Gasteiger partial charge >= 0.3 is 0 Å². The molecule has 3 aromatic rings. The van der Waals surface area contributed by atoms with Gasteiger partial charge < -0.3 is 15.4 Å². The molecular formula is C22H25ClN4O2. The van der Waals surface area contributed by atoms with Crippen molar-refractivity contribution in [3.8, 4) is 5.75 Å². The van der Waals surface area contributed by atoms with E-state index in [9.17, 15) is 4.79 Å². The molecule has 0 aliphatic heterocycles. The Hall–Kier alpha value is -2.99. The SMILES string of the molecule is COc1ccc(CCN(Cc2ccc(Cl)cc2)C(=O)Cn2nc(C)cc2N)cc1. The molecule has 0 radical (unpaired) electrons. The average molecular weight is 413 g/mol. The quantitative estimate of drug-likeness (QED) is 0.612. The molecular weight excluding hydrogens is 388 g/mol. The molecule has 0 unspecified atom stereocenters. The molecule has 7 heteroatoms. The number of carbonyl (C=O) groups is 1. The molecule has 1 aromatic heterocycles. The number of aromatic nitrogens is 2. The highest BCUT2D eigenvalue weighted by Crippen LogP contribution is 2.15. The van der Waals surface area contributed by atoms with E-state index in [2.05, 4.69) is 5.10 Å². The highest BCUT2D eigenvalue weighted by atomic mass is 35.5. The van der Waals surface area contributed by atoms with Crippen LogP contribution in [0.15, 0.2) is 54.6 Å². The Labute approximate surface area is 175 Å². The van der Waals surface area contributed by atoms with Crippen LogP contribution in [0.5, 0.6) is 5.75 Å². The second-order valence-electron chi connectivity index (χ2n) is 6.91. The topological polar surface area (TPSA) is 73.4 Å². The third-order valence-corrected chi connectivity index (χ3v) is 4.94. The van der Waals surface area contributed by atoms with Crippen molar-refractivity contribution in [1.29, 1.82) is 0 Å². The van der Waals surface area contributed by atoms with Crippen LogP contribution >= 0.6 is 11.6 Å². The van der Waals surface area contributed by atoms with Gasteiger partial charge in [0.15, 0.2) is 0 Å². The predicted octanol–water partition coefficient (Wildman–Crippen LogP) is 3.71. The molecule has 0 saturated carbocycles. The molecule has 0 spiro atoms. The van der Waals surface area contributed by atoms with E-state index in [1.54, 1.807) is 17.9 Å². The van der Waals surface area contributed by atoms with Crippen molar-refractivity contribution in [1.82, 2.24) is 14.7 Å². The van der Waals surface area contributed by atoms with Crippen molar-refractivity contribution in [3.05, 3.63) is 76.4 Å². The largest absolute Gasteiger partial charge is 0.497 e. The first-order chi connectivity index (χ1) is 13.9. The summed E-state index contributed by atoms with van der Waals surface area (Å²) in [7, 11) is 1.64. The number of hydrogen-bond donors (Lipinski definition) is 1. The molecule has 3 rings (SSSR count). The van der Waals surface area contributed by atoms with Gasteiger partial charge in [0, 0.05) is 24.2 Å². The van der Waals surface area contributed by atoms with E-state index in [0.29, 0.717) is 23.9 Å². The molecule has 2 aromatic carbocycles. The van der Waals surface area contributed by atoms with E-state index in [1.165, 1.54) is 0 Å². The molecule has 0 fully saturated rings. The number of rotatable bonds is 8. The molecule has 29 heavy (non-hydrogen) atoms. The van der Waals surface area contributed by atoms with Crippen molar-refractivity contribution < 1.29 is 9.53 Å². The lowest BCUT2D eigenvalue weighted by molar-refractivity contribution is -0.132. The van der Waals surface area contributed by atoms with Crippen LogP contribution in [0.3, 0.4) is 0 Å². The minimum atomic E-state index is -0.0386. The number of benzene rings is 2. The molecule has 0 bridgehead atoms. The van der Waals surface area contributed by atoms with Crippen LogP contribution in [0.4, 0.5) is 5.82 Å². The van der Waals surface area contributed by atoms with E-state index in [1.807, 2.05) is 60.4 Å². The Morgan fingerprint density at radius 3 is 2.38 bits per heavy atom. The zero-order valence-electron chi connectivity index (χ0n) is 16.6. The zero-order valence-corrected chi connectivity index (χ0v) is 17.4. The number of aryl methyl sites for hydroxylation is 1. The van der Waals surface area contributed by atoms with Gasteiger partial charge in [-0.05, 0) is 48.7 Å². The third kappa shape index (κ3) is 5.74. The lowest BCUT2D eigenvalue weighted by Crippen LogP contribution is -2.35. The summed E-state index contributed by atoms with van der Waals surface area (Å²) in [6.45, 7) is 3.03. The second kappa shape index (κ2) is 9.47. The molecule has 6 nitrogen and oxygen atoms in total. The standard InChI is InChI=1S/C22H25ClN4O2/c1-16-13-21(24)27(25-16)15-22(28)26(14-18-3-7-19(23)8-4-18)12-11-17-5-9-20(29-2)10-6-17/h3-10,13H,11-12,14-15,24H2,1-2H3. The molecule has 0 aliphatic carbocycles. The third-order valence-electron chi connectivity index (χ3n) is 4.69. The number of nitrogen functional groups attached to an aromatic ring is 1. The van der Waals surface area contributed by atoms with Gasteiger partial charge in [0.1, 0.15) is 18.1 Å². The van der Waals surface area contributed by atoms with Crippen molar-refractivity contribution in [2.75, 3.05) is 19.4 Å². The molecule has 1 heterocycles. The number of ether oxygens (including phenoxy) is 1. The number of nitrogens with zero attached hydrogens (tertiary/aromatic N) is 3. The number of anilines is 1. The fourth-order valence-corrected chi connectivity index (χ4v) is 3.20. The molecule has 0 atom stereocenters. The van der Waals surface area contributed by atoms with Gasteiger partial charge in [0.05, 0.1) is 12.8 Å². The Balaban J connectivity index is 1.73. The Morgan fingerprint density at radius 1 is 1.14 bits per heavy atom. The number of carbonyl (C=O) groups excluding carboxylic acids is 1. The van der Waals surface area contributed by atoms with E-state index in [0.717, 1.165) is 29.0 Å². The van der Waals surface area contributed by atoms with E-state index < -0.39 is 0 Å². The highest BCUT2D eigenvalue weighted by Gasteiger charge is 2.17. The summed E-state index contributed by atoms with van der Waals surface area (Å²) in [5.41, 5.74) is 8.89. The highest BCUT2D eigenvalue weighted by molar-refractivity contribution is 6.30. The number of hydrogen-bond acceptors (Lipinski definition) is 4. The first-order valence-electron chi connectivity index (χ1n) is 9.39. The number of amides is 1. The van der Waals surface area contributed by atoms with Gasteiger partial charge in [0.2, 0.25) is 5.91 Å². The molecule has 0 saturated heterocycles. The van der Waals surface area contributed by atoms with Crippen molar-refractivity contribution in [2.24, 2.45) is 0 Å². The van der Waals surface area contributed by atoms with E-state index in [-0.39, 0.29) is 12.5 Å². The molecule has 152 valence electrons. The van der Waals surface area contributed by atoms with Crippen molar-refractivity contribution in [3.63, 3.8) is 0 Å². The monoisotopic (exact) mass is 412 g/mol. The predicted molar refractivity (Wildman–Crippen MR) is 115 cm³/mol. The van der Waals surface area contributed by atoms with E-state index in [4.69, 9.17) is 22.1 Å². The van der Waals surface area contributed by atoms with Crippen LogP contribution in [0, 0.1) is 6.92 Å². The maximum atomic E-state index is 13.0. The summed E-state index contributed by atoms with van der Waals surface area (Å²) in [6.07, 6.45) is 0.733. The minimum absolute atomic E-state index is 0.0386. The van der Waals surface area contributed by atoms with Gasteiger partial charge in [0.25, 0.3) is 0 Å². The summed E-state index contributed by atoms with van der Waals surface area (Å²) < 4.78 is 6.75. The maximum Gasteiger partial charge on any atom is 0.244 e. The number of methoxy groups -OCH3 is 1. The Bertz CT molecular complexity index is 952. The lowest BCUT2D eigenvalue weighted by Gasteiger charge is -2.23. The fourth-order valence-electron chi connectivity index (χ4n) is 3.08. The normalized spacial score (nSPS) is 10.7. The summed E-state index contributed by atoms with van der Waals surface area (Å²) in [6, 6.07) is 17.2. The molecule has 1 amide bonds. The van der Waals surface area contributed by atoms with Crippen LogP contribution in [-0.4, -0.2) is 34.2 Å². The number of halogens is 1. The van der Waals surface area contributed by atoms with Gasteiger partial charge in [-0.3, -0.25) is 4.79 Å². The van der Waals surface area contributed by atoms with Gasteiger partial charge in [-0.2, -0.15) is 5.10 Å². The van der Waals surface area contributed by atoms with Crippen LogP contribution in [-0.2, 0) is 24.3 Å². The maximum absolute atomic E-state index is 13.0. The zero-order chi connectivity index (χ0) is 20.8. The van der Waals surface area contributed by atoms with Crippen LogP contribution in [0.1, 0.15) is 16.8 Å². The van der Waals surface area contributed by atoms with Gasteiger partial charge in [-0.15, -0.1) is 0 Å². The number of nitrogens with two attached hydrogens (primary N) is 1. The van der Waals surface area contributed by atoms with Crippen LogP contribution in [0.25, 0.3) is 0 Å². The summed E-state index contributed by atoms with van der Waals surface area (Å²) in [5.74, 6) is 1.26. The van der Waals surface area contributed by atoms with Gasteiger partial charge in [-0.1, -0.05) is 35.9 Å². The molecule has 2 N–H and O–H groups in total. The Morgan fingerprint density at radius 2 is 1.79 bits per heavy atom.